The average molecular weight is 258 g/mol. The van der Waals surface area contributed by atoms with Crippen molar-refractivity contribution in [1.29, 1.82) is 0 Å². The summed E-state index contributed by atoms with van der Waals surface area (Å²) in [6.45, 7) is 2.54. The number of hydrogen-bond donors (Lipinski definition) is 0. The van der Waals surface area contributed by atoms with Crippen molar-refractivity contribution < 1.29 is 4.79 Å². The second kappa shape index (κ2) is 7.41. The third-order valence-corrected chi connectivity index (χ3v) is 2.79. The molecule has 0 atom stereocenters. The first kappa shape index (κ1) is 15.0. The van der Waals surface area contributed by atoms with Crippen LogP contribution in [0.15, 0.2) is 48.6 Å². The maximum Gasteiger partial charge on any atom is 0.246 e. The Bertz CT molecular complexity index is 458. The number of hydrogen-bond acceptors (Lipinski definition) is 2. The lowest BCUT2D eigenvalue weighted by molar-refractivity contribution is -0.125. The van der Waals surface area contributed by atoms with Gasteiger partial charge in [0.05, 0.1) is 0 Å². The van der Waals surface area contributed by atoms with Crippen LogP contribution in [0.25, 0.3) is 0 Å². The van der Waals surface area contributed by atoms with Crippen LogP contribution in [0, 0.1) is 0 Å². The van der Waals surface area contributed by atoms with E-state index >= 15 is 0 Å². The zero-order valence-electron chi connectivity index (χ0n) is 12.1. The molecule has 0 saturated heterocycles. The normalized spacial score (nSPS) is 11.2. The third kappa shape index (κ3) is 5.00. The van der Waals surface area contributed by atoms with Gasteiger partial charge >= 0.3 is 0 Å². The van der Waals surface area contributed by atoms with E-state index in [0.717, 1.165) is 11.3 Å². The summed E-state index contributed by atoms with van der Waals surface area (Å²) in [6.07, 6.45) is 7.07. The first-order chi connectivity index (χ1) is 9.04. The monoisotopic (exact) mass is 258 g/mol. The molecule has 0 saturated carbocycles. The summed E-state index contributed by atoms with van der Waals surface area (Å²) in [7, 11) is 5.83. The largest absolute Gasteiger partial charge is 0.378 e. The van der Waals surface area contributed by atoms with Crippen molar-refractivity contribution in [1.82, 2.24) is 4.90 Å². The van der Waals surface area contributed by atoms with Gasteiger partial charge in [0, 0.05) is 39.5 Å². The van der Waals surface area contributed by atoms with Gasteiger partial charge in [-0.1, -0.05) is 30.4 Å². The van der Waals surface area contributed by atoms with Gasteiger partial charge in [-0.25, -0.2) is 0 Å². The number of amides is 1. The number of anilines is 1. The Kier molecular flexibility index (Phi) is 5.86. The molecule has 1 aromatic rings. The van der Waals surface area contributed by atoms with Crippen molar-refractivity contribution in [2.24, 2.45) is 0 Å². The molecular weight excluding hydrogens is 236 g/mol. The minimum absolute atomic E-state index is 0.00906. The number of carbonyl (C=O) groups is 1. The molecule has 1 amide bonds. The second-order valence-electron chi connectivity index (χ2n) is 4.64. The zero-order valence-corrected chi connectivity index (χ0v) is 12.1. The van der Waals surface area contributed by atoms with E-state index in [-0.39, 0.29) is 5.91 Å². The Morgan fingerprint density at radius 3 is 2.26 bits per heavy atom. The fourth-order valence-corrected chi connectivity index (χ4v) is 1.63. The predicted octanol–water partition coefficient (Wildman–Crippen LogP) is 2.84. The molecule has 0 bridgehead atoms. The van der Waals surface area contributed by atoms with E-state index < -0.39 is 0 Å². The average Bonchev–Trinajstić information content (AvgIpc) is 2.39. The molecule has 0 aliphatic heterocycles. The lowest BCUT2D eigenvalue weighted by atomic mass is 10.2. The van der Waals surface area contributed by atoms with Gasteiger partial charge in [-0.2, -0.15) is 0 Å². The van der Waals surface area contributed by atoms with Crippen molar-refractivity contribution in [3.63, 3.8) is 0 Å². The van der Waals surface area contributed by atoms with Crippen LogP contribution in [-0.4, -0.2) is 32.0 Å². The molecule has 1 rings (SSSR count). The summed E-state index contributed by atoms with van der Waals surface area (Å²) in [6, 6.07) is 8.22. The van der Waals surface area contributed by atoms with Crippen LogP contribution in [0.1, 0.15) is 12.5 Å². The first-order valence-corrected chi connectivity index (χ1v) is 6.35. The Morgan fingerprint density at radius 1 is 1.11 bits per heavy atom. The smallest absolute Gasteiger partial charge is 0.246 e. The van der Waals surface area contributed by atoms with Crippen molar-refractivity contribution in [2.75, 3.05) is 26.0 Å². The molecule has 0 heterocycles. The number of rotatable bonds is 5. The van der Waals surface area contributed by atoms with Gasteiger partial charge in [0.15, 0.2) is 0 Å². The van der Waals surface area contributed by atoms with Gasteiger partial charge < -0.3 is 9.80 Å². The Hall–Kier alpha value is -2.03. The van der Waals surface area contributed by atoms with E-state index in [0.29, 0.717) is 6.54 Å². The fourth-order valence-electron chi connectivity index (χ4n) is 1.63. The molecule has 3 nitrogen and oxygen atoms in total. The highest BCUT2D eigenvalue weighted by molar-refractivity contribution is 5.87. The molecule has 0 aromatic heterocycles. The SMILES string of the molecule is C/C=C/C=C/C(=O)N(C)Cc1ccc(N(C)C)cc1. The molecule has 0 unspecified atom stereocenters. The van der Waals surface area contributed by atoms with Crippen LogP contribution in [0.2, 0.25) is 0 Å². The van der Waals surface area contributed by atoms with Crippen LogP contribution < -0.4 is 4.90 Å². The quantitative estimate of drug-likeness (QED) is 0.599. The minimum Gasteiger partial charge on any atom is -0.378 e. The second-order valence-corrected chi connectivity index (χ2v) is 4.64. The van der Waals surface area contributed by atoms with E-state index in [4.69, 9.17) is 0 Å². The summed E-state index contributed by atoms with van der Waals surface area (Å²) in [5.74, 6) is 0.00906. The molecule has 0 N–H and O–H groups in total. The molecular formula is C16H22N2O. The highest BCUT2D eigenvalue weighted by Crippen LogP contribution is 2.13. The van der Waals surface area contributed by atoms with Crippen LogP contribution in [-0.2, 0) is 11.3 Å². The fraction of sp³-hybridized carbons (Fsp3) is 0.312. The molecule has 0 fully saturated rings. The number of likely N-dealkylation sites (N-methyl/N-ethyl adjacent to an activating group) is 1. The summed E-state index contributed by atoms with van der Waals surface area (Å²) in [5.41, 5.74) is 2.28. The number of nitrogens with zero attached hydrogens (tertiary/aromatic N) is 2. The lowest BCUT2D eigenvalue weighted by Crippen LogP contribution is -2.24. The van der Waals surface area contributed by atoms with Gasteiger partial charge in [0.25, 0.3) is 0 Å². The van der Waals surface area contributed by atoms with Crippen molar-refractivity contribution in [3.8, 4) is 0 Å². The molecule has 19 heavy (non-hydrogen) atoms. The highest BCUT2D eigenvalue weighted by Gasteiger charge is 2.05. The topological polar surface area (TPSA) is 23.6 Å². The highest BCUT2D eigenvalue weighted by atomic mass is 16.2. The van der Waals surface area contributed by atoms with Crippen LogP contribution >= 0.6 is 0 Å². The summed E-state index contributed by atoms with van der Waals surface area (Å²) in [4.78, 5) is 15.5. The predicted molar refractivity (Wildman–Crippen MR) is 81.2 cm³/mol. The summed E-state index contributed by atoms with van der Waals surface area (Å²) >= 11 is 0. The number of benzene rings is 1. The van der Waals surface area contributed by atoms with Crippen molar-refractivity contribution in [3.05, 3.63) is 54.1 Å². The number of carbonyl (C=O) groups excluding carboxylic acids is 1. The minimum atomic E-state index is 0.00906. The number of allylic oxidation sites excluding steroid dienone is 3. The van der Waals surface area contributed by atoms with Gasteiger partial charge in [-0.05, 0) is 24.6 Å². The summed E-state index contributed by atoms with van der Waals surface area (Å²) < 4.78 is 0. The standard InChI is InChI=1S/C16H22N2O/c1-5-6-7-8-16(19)18(4)13-14-9-11-15(12-10-14)17(2)3/h5-12H,13H2,1-4H3/b6-5+,8-7+. The Balaban J connectivity index is 2.61. The van der Waals surface area contributed by atoms with Gasteiger partial charge in [0.1, 0.15) is 0 Å². The van der Waals surface area contributed by atoms with Crippen LogP contribution in [0.4, 0.5) is 5.69 Å². The lowest BCUT2D eigenvalue weighted by Gasteiger charge is -2.17. The maximum absolute atomic E-state index is 11.8. The van der Waals surface area contributed by atoms with E-state index in [1.807, 2.05) is 40.2 Å². The molecule has 0 aliphatic carbocycles. The molecule has 0 spiro atoms. The van der Waals surface area contributed by atoms with Crippen molar-refractivity contribution >= 4 is 11.6 Å². The Labute approximate surface area is 115 Å². The first-order valence-electron chi connectivity index (χ1n) is 6.35. The van der Waals surface area contributed by atoms with Gasteiger partial charge in [-0.15, -0.1) is 0 Å². The maximum atomic E-state index is 11.8. The zero-order chi connectivity index (χ0) is 14.3. The van der Waals surface area contributed by atoms with Gasteiger partial charge in [-0.3, -0.25) is 4.79 Å². The molecule has 3 heteroatoms. The third-order valence-electron chi connectivity index (χ3n) is 2.79. The molecule has 102 valence electrons. The Morgan fingerprint density at radius 2 is 1.74 bits per heavy atom. The molecule has 0 aliphatic rings. The summed E-state index contributed by atoms with van der Waals surface area (Å²) in [5, 5.41) is 0. The van der Waals surface area contributed by atoms with Crippen molar-refractivity contribution in [2.45, 2.75) is 13.5 Å². The molecule has 1 aromatic carbocycles. The van der Waals surface area contributed by atoms with Crippen LogP contribution in [0.3, 0.4) is 0 Å². The van der Waals surface area contributed by atoms with Crippen LogP contribution in [0.5, 0.6) is 0 Å². The van der Waals surface area contributed by atoms with E-state index in [9.17, 15) is 4.79 Å². The van der Waals surface area contributed by atoms with Gasteiger partial charge in [0.2, 0.25) is 5.91 Å². The van der Waals surface area contributed by atoms with E-state index in [1.54, 1.807) is 17.1 Å². The van der Waals surface area contributed by atoms with E-state index in [1.165, 1.54) is 0 Å². The van der Waals surface area contributed by atoms with E-state index in [2.05, 4.69) is 29.2 Å². The molecule has 0 radical (unpaired) electrons.